The van der Waals surface area contributed by atoms with Crippen molar-refractivity contribution < 1.29 is 5.11 Å². The number of nitrogens with one attached hydrogen (secondary N) is 2. The largest absolute Gasteiger partial charge is 0.394 e. The Labute approximate surface area is 92.6 Å². The Morgan fingerprint density at radius 3 is 2.87 bits per heavy atom. The maximum absolute atomic E-state index is 9.69. The zero-order valence-electron chi connectivity index (χ0n) is 9.76. The van der Waals surface area contributed by atoms with Gasteiger partial charge in [0.25, 0.3) is 0 Å². The van der Waals surface area contributed by atoms with E-state index in [4.69, 9.17) is 0 Å². The molecule has 2 atom stereocenters. The summed E-state index contributed by atoms with van der Waals surface area (Å²) in [6.45, 7) is 5.71. The lowest BCUT2D eigenvalue weighted by Crippen LogP contribution is -2.61. The van der Waals surface area contributed by atoms with Gasteiger partial charge < -0.3 is 15.7 Å². The molecule has 3 heteroatoms. The second kappa shape index (κ2) is 4.81. The molecule has 1 aliphatic heterocycles. The van der Waals surface area contributed by atoms with E-state index in [-0.39, 0.29) is 5.54 Å². The molecular formula is C12H24N2O. The van der Waals surface area contributed by atoms with Gasteiger partial charge in [-0.1, -0.05) is 13.3 Å². The fourth-order valence-corrected chi connectivity index (χ4v) is 2.69. The Balaban J connectivity index is 1.94. The van der Waals surface area contributed by atoms with E-state index in [2.05, 4.69) is 17.6 Å². The summed E-state index contributed by atoms with van der Waals surface area (Å²) in [5.74, 6) is 1.47. The van der Waals surface area contributed by atoms with Crippen LogP contribution in [0.2, 0.25) is 0 Å². The van der Waals surface area contributed by atoms with Crippen molar-refractivity contribution in [2.24, 2.45) is 11.8 Å². The van der Waals surface area contributed by atoms with E-state index in [1.807, 2.05) is 0 Å². The molecule has 1 saturated carbocycles. The molecule has 3 nitrogen and oxygen atoms in total. The summed E-state index contributed by atoms with van der Waals surface area (Å²) in [5, 5.41) is 16.8. The maximum atomic E-state index is 9.69. The van der Waals surface area contributed by atoms with Crippen molar-refractivity contribution in [2.45, 2.75) is 38.1 Å². The smallest absolute Gasteiger partial charge is 0.0617 e. The van der Waals surface area contributed by atoms with E-state index in [0.717, 1.165) is 38.4 Å². The third-order valence-corrected chi connectivity index (χ3v) is 4.13. The topological polar surface area (TPSA) is 44.3 Å². The zero-order chi connectivity index (χ0) is 10.7. The SMILES string of the molecule is CCC1CNCCC1(CO)NCC1CC1. The van der Waals surface area contributed by atoms with Crippen LogP contribution >= 0.6 is 0 Å². The first kappa shape index (κ1) is 11.4. The lowest BCUT2D eigenvalue weighted by molar-refractivity contribution is 0.0717. The van der Waals surface area contributed by atoms with Gasteiger partial charge in [0.15, 0.2) is 0 Å². The van der Waals surface area contributed by atoms with Crippen molar-refractivity contribution in [2.75, 3.05) is 26.2 Å². The highest BCUT2D eigenvalue weighted by atomic mass is 16.3. The molecule has 2 rings (SSSR count). The van der Waals surface area contributed by atoms with Crippen LogP contribution in [-0.4, -0.2) is 36.9 Å². The van der Waals surface area contributed by atoms with Gasteiger partial charge in [-0.25, -0.2) is 0 Å². The molecule has 1 saturated heterocycles. The molecule has 0 amide bonds. The summed E-state index contributed by atoms with van der Waals surface area (Å²) in [5.41, 5.74) is 0.00257. The van der Waals surface area contributed by atoms with Gasteiger partial charge in [0, 0.05) is 5.54 Å². The van der Waals surface area contributed by atoms with Crippen molar-refractivity contribution >= 4 is 0 Å². The van der Waals surface area contributed by atoms with E-state index in [0.29, 0.717) is 12.5 Å². The van der Waals surface area contributed by atoms with Gasteiger partial charge in [-0.05, 0) is 50.7 Å². The number of aliphatic hydroxyl groups is 1. The summed E-state index contributed by atoms with van der Waals surface area (Å²) in [6, 6.07) is 0. The Bertz CT molecular complexity index is 206. The summed E-state index contributed by atoms with van der Waals surface area (Å²) < 4.78 is 0. The molecule has 0 aromatic rings. The maximum Gasteiger partial charge on any atom is 0.0617 e. The highest BCUT2D eigenvalue weighted by Gasteiger charge is 2.39. The number of piperidine rings is 1. The van der Waals surface area contributed by atoms with E-state index >= 15 is 0 Å². The van der Waals surface area contributed by atoms with Crippen LogP contribution in [0.5, 0.6) is 0 Å². The normalized spacial score (nSPS) is 36.8. The first-order valence-electron chi connectivity index (χ1n) is 6.37. The molecule has 0 radical (unpaired) electrons. The molecule has 15 heavy (non-hydrogen) atoms. The van der Waals surface area contributed by atoms with Crippen LogP contribution in [0.15, 0.2) is 0 Å². The minimum Gasteiger partial charge on any atom is -0.394 e. The van der Waals surface area contributed by atoms with E-state index < -0.39 is 0 Å². The summed E-state index contributed by atoms with van der Waals surface area (Å²) in [7, 11) is 0. The number of rotatable bonds is 5. The lowest BCUT2D eigenvalue weighted by Gasteiger charge is -2.44. The second-order valence-corrected chi connectivity index (χ2v) is 5.20. The van der Waals surface area contributed by atoms with Crippen LogP contribution in [0.1, 0.15) is 32.6 Å². The minimum atomic E-state index is 0.00257. The first-order chi connectivity index (χ1) is 7.30. The highest BCUT2D eigenvalue weighted by Crippen LogP contribution is 2.31. The van der Waals surface area contributed by atoms with Crippen LogP contribution in [0.3, 0.4) is 0 Å². The van der Waals surface area contributed by atoms with Crippen molar-refractivity contribution in [3.05, 3.63) is 0 Å². The average molecular weight is 212 g/mol. The van der Waals surface area contributed by atoms with Crippen molar-refractivity contribution in [1.82, 2.24) is 10.6 Å². The molecule has 0 aromatic heterocycles. The zero-order valence-corrected chi connectivity index (χ0v) is 9.76. The predicted molar refractivity (Wildman–Crippen MR) is 61.8 cm³/mol. The summed E-state index contributed by atoms with van der Waals surface area (Å²) in [6.07, 6.45) is 4.97. The van der Waals surface area contributed by atoms with E-state index in [1.54, 1.807) is 0 Å². The Hall–Kier alpha value is -0.120. The Morgan fingerprint density at radius 2 is 2.27 bits per heavy atom. The molecule has 3 N–H and O–H groups in total. The minimum absolute atomic E-state index is 0.00257. The van der Waals surface area contributed by atoms with Crippen molar-refractivity contribution in [3.8, 4) is 0 Å². The number of aliphatic hydroxyl groups excluding tert-OH is 1. The van der Waals surface area contributed by atoms with Gasteiger partial charge in [-0.2, -0.15) is 0 Å². The molecule has 88 valence electrons. The highest BCUT2D eigenvalue weighted by molar-refractivity contribution is 4.99. The van der Waals surface area contributed by atoms with Gasteiger partial charge in [0.1, 0.15) is 0 Å². The fraction of sp³-hybridized carbons (Fsp3) is 1.00. The third-order valence-electron chi connectivity index (χ3n) is 4.13. The van der Waals surface area contributed by atoms with E-state index in [9.17, 15) is 5.11 Å². The number of hydrogen-bond donors (Lipinski definition) is 3. The van der Waals surface area contributed by atoms with Gasteiger partial charge in [0.05, 0.1) is 6.61 Å². The average Bonchev–Trinajstić information content (AvgIpc) is 3.10. The quantitative estimate of drug-likeness (QED) is 0.630. The molecule has 1 aliphatic carbocycles. The lowest BCUT2D eigenvalue weighted by atomic mass is 9.77. The molecule has 0 spiro atoms. The number of hydrogen-bond acceptors (Lipinski definition) is 3. The second-order valence-electron chi connectivity index (χ2n) is 5.20. The molecule has 2 fully saturated rings. The van der Waals surface area contributed by atoms with Gasteiger partial charge >= 0.3 is 0 Å². The van der Waals surface area contributed by atoms with Gasteiger partial charge in [-0.15, -0.1) is 0 Å². The Morgan fingerprint density at radius 1 is 1.47 bits per heavy atom. The molecule has 0 bridgehead atoms. The van der Waals surface area contributed by atoms with Crippen LogP contribution in [0.25, 0.3) is 0 Å². The van der Waals surface area contributed by atoms with Crippen LogP contribution in [0.4, 0.5) is 0 Å². The predicted octanol–water partition coefficient (Wildman–Crippen LogP) is 0.737. The van der Waals surface area contributed by atoms with Gasteiger partial charge in [0.2, 0.25) is 0 Å². The summed E-state index contributed by atoms with van der Waals surface area (Å²) >= 11 is 0. The molecular weight excluding hydrogens is 188 g/mol. The monoisotopic (exact) mass is 212 g/mol. The fourth-order valence-electron chi connectivity index (χ4n) is 2.69. The molecule has 2 aliphatic rings. The molecule has 2 unspecified atom stereocenters. The van der Waals surface area contributed by atoms with Crippen LogP contribution in [-0.2, 0) is 0 Å². The molecule has 1 heterocycles. The third kappa shape index (κ3) is 2.52. The molecule has 0 aromatic carbocycles. The van der Waals surface area contributed by atoms with E-state index in [1.165, 1.54) is 12.8 Å². The standard InChI is InChI=1S/C12H24N2O/c1-2-11-8-13-6-5-12(11,9-15)14-7-10-3-4-10/h10-11,13-15H,2-9H2,1H3. The first-order valence-corrected chi connectivity index (χ1v) is 6.37. The van der Waals surface area contributed by atoms with Gasteiger partial charge in [-0.3, -0.25) is 0 Å². The van der Waals surface area contributed by atoms with Crippen LogP contribution in [0, 0.1) is 11.8 Å². The van der Waals surface area contributed by atoms with Crippen molar-refractivity contribution in [1.29, 1.82) is 0 Å². The van der Waals surface area contributed by atoms with Crippen LogP contribution < -0.4 is 10.6 Å². The summed E-state index contributed by atoms with van der Waals surface area (Å²) in [4.78, 5) is 0. The van der Waals surface area contributed by atoms with Crippen molar-refractivity contribution in [3.63, 3.8) is 0 Å². The Kier molecular flexibility index (Phi) is 3.65.